The van der Waals surface area contributed by atoms with Gasteiger partial charge in [-0.05, 0) is 57.3 Å². The van der Waals surface area contributed by atoms with Gasteiger partial charge in [-0.25, -0.2) is 0 Å². The minimum absolute atomic E-state index is 0.433. The van der Waals surface area contributed by atoms with Crippen LogP contribution in [0.5, 0.6) is 0 Å². The van der Waals surface area contributed by atoms with Gasteiger partial charge in [0.1, 0.15) is 0 Å². The topological polar surface area (TPSA) is 15.3 Å². The molecule has 1 spiro atoms. The number of nitrogens with zero attached hydrogens (tertiary/aromatic N) is 1. The van der Waals surface area contributed by atoms with Crippen LogP contribution >= 0.6 is 0 Å². The van der Waals surface area contributed by atoms with Crippen molar-refractivity contribution in [3.63, 3.8) is 0 Å². The second-order valence-corrected chi connectivity index (χ2v) is 7.80. The van der Waals surface area contributed by atoms with Crippen LogP contribution in [0, 0.1) is 11.8 Å². The van der Waals surface area contributed by atoms with Crippen molar-refractivity contribution in [2.24, 2.45) is 11.8 Å². The first-order chi connectivity index (χ1) is 8.70. The fourth-order valence-corrected chi connectivity index (χ4v) is 4.49. The summed E-state index contributed by atoms with van der Waals surface area (Å²) in [4.78, 5) is 2.94. The molecule has 102 valence electrons. The molecule has 4 rings (SSSR count). The van der Waals surface area contributed by atoms with E-state index in [4.69, 9.17) is 0 Å². The summed E-state index contributed by atoms with van der Waals surface area (Å²) in [7, 11) is 0. The fraction of sp³-hybridized carbons (Fsp3) is 1.00. The third kappa shape index (κ3) is 1.92. The van der Waals surface area contributed by atoms with Gasteiger partial charge in [0.15, 0.2) is 0 Å². The highest BCUT2D eigenvalue weighted by molar-refractivity contribution is 5.10. The van der Waals surface area contributed by atoms with Crippen molar-refractivity contribution in [3.05, 3.63) is 0 Å². The maximum atomic E-state index is 3.97. The summed E-state index contributed by atoms with van der Waals surface area (Å²) in [5.41, 5.74) is 0.986. The molecular formula is C16H28N2. The van der Waals surface area contributed by atoms with E-state index in [9.17, 15) is 0 Å². The van der Waals surface area contributed by atoms with E-state index in [0.717, 1.165) is 11.8 Å². The molecule has 0 aromatic heterocycles. The maximum absolute atomic E-state index is 3.97. The number of piperazine rings is 1. The van der Waals surface area contributed by atoms with Gasteiger partial charge in [0, 0.05) is 30.7 Å². The molecule has 1 saturated heterocycles. The zero-order chi connectivity index (χ0) is 12.2. The first-order valence-corrected chi connectivity index (χ1v) is 8.20. The third-order valence-corrected chi connectivity index (χ3v) is 6.20. The molecule has 3 saturated carbocycles. The van der Waals surface area contributed by atoms with Crippen molar-refractivity contribution in [3.8, 4) is 0 Å². The molecule has 0 amide bonds. The Morgan fingerprint density at radius 2 is 1.83 bits per heavy atom. The summed E-state index contributed by atoms with van der Waals surface area (Å²) in [6.45, 7) is 6.50. The van der Waals surface area contributed by atoms with E-state index in [1.165, 1.54) is 71.0 Å². The molecule has 3 aliphatic carbocycles. The summed E-state index contributed by atoms with van der Waals surface area (Å²) in [5.74, 6) is 2.02. The molecule has 1 unspecified atom stereocenters. The highest BCUT2D eigenvalue weighted by atomic mass is 15.3. The van der Waals surface area contributed by atoms with E-state index in [0.29, 0.717) is 11.1 Å². The Morgan fingerprint density at radius 3 is 2.44 bits per heavy atom. The molecule has 0 aromatic rings. The van der Waals surface area contributed by atoms with Gasteiger partial charge in [0.25, 0.3) is 0 Å². The highest BCUT2D eigenvalue weighted by Crippen LogP contribution is 2.47. The fourth-order valence-electron chi connectivity index (χ4n) is 4.49. The normalized spacial score (nSPS) is 40.5. The van der Waals surface area contributed by atoms with Crippen LogP contribution < -0.4 is 5.32 Å². The zero-order valence-electron chi connectivity index (χ0n) is 11.9. The predicted molar refractivity (Wildman–Crippen MR) is 74.6 cm³/mol. The lowest BCUT2D eigenvalue weighted by Gasteiger charge is -2.53. The predicted octanol–water partition coefficient (Wildman–Crippen LogP) is 2.78. The highest BCUT2D eigenvalue weighted by Gasteiger charge is 2.52. The van der Waals surface area contributed by atoms with E-state index in [2.05, 4.69) is 17.1 Å². The van der Waals surface area contributed by atoms with Crippen LogP contribution in [0.4, 0.5) is 0 Å². The molecule has 18 heavy (non-hydrogen) atoms. The van der Waals surface area contributed by atoms with Crippen LogP contribution in [0.25, 0.3) is 0 Å². The van der Waals surface area contributed by atoms with Crippen molar-refractivity contribution in [1.29, 1.82) is 0 Å². The van der Waals surface area contributed by atoms with Gasteiger partial charge >= 0.3 is 0 Å². The second-order valence-electron chi connectivity index (χ2n) is 7.80. The average molecular weight is 248 g/mol. The molecular weight excluding hydrogens is 220 g/mol. The van der Waals surface area contributed by atoms with Crippen molar-refractivity contribution in [2.75, 3.05) is 19.6 Å². The number of hydrogen-bond acceptors (Lipinski definition) is 2. The van der Waals surface area contributed by atoms with Crippen molar-refractivity contribution in [2.45, 2.75) is 69.4 Å². The summed E-state index contributed by atoms with van der Waals surface area (Å²) in [6, 6.07) is 0. The van der Waals surface area contributed by atoms with Gasteiger partial charge in [0.05, 0.1) is 0 Å². The van der Waals surface area contributed by atoms with E-state index >= 15 is 0 Å². The SMILES string of the molecule is CC1(C2CC2)CN(CC2CC2)C2(CCCC2)CN1. The minimum Gasteiger partial charge on any atom is -0.308 e. The van der Waals surface area contributed by atoms with Crippen LogP contribution in [0.2, 0.25) is 0 Å². The molecule has 1 heterocycles. The Hall–Kier alpha value is -0.0800. The molecule has 2 nitrogen and oxygen atoms in total. The van der Waals surface area contributed by atoms with Crippen LogP contribution in [0.15, 0.2) is 0 Å². The monoisotopic (exact) mass is 248 g/mol. The van der Waals surface area contributed by atoms with E-state index < -0.39 is 0 Å². The van der Waals surface area contributed by atoms with Crippen LogP contribution in [0.1, 0.15) is 58.3 Å². The Bertz CT molecular complexity index is 326. The Balaban J connectivity index is 1.54. The van der Waals surface area contributed by atoms with E-state index in [1.807, 2.05) is 0 Å². The molecule has 4 fully saturated rings. The second kappa shape index (κ2) is 3.96. The zero-order valence-corrected chi connectivity index (χ0v) is 11.9. The van der Waals surface area contributed by atoms with Gasteiger partial charge in [-0.3, -0.25) is 4.90 Å². The smallest absolute Gasteiger partial charge is 0.0335 e. The molecule has 1 atom stereocenters. The first kappa shape index (κ1) is 11.7. The molecule has 0 aromatic carbocycles. The van der Waals surface area contributed by atoms with Gasteiger partial charge < -0.3 is 5.32 Å². The summed E-state index contributed by atoms with van der Waals surface area (Å²) in [6.07, 6.45) is 11.8. The molecule has 0 radical (unpaired) electrons. The summed E-state index contributed by atoms with van der Waals surface area (Å²) >= 11 is 0. The number of nitrogens with one attached hydrogen (secondary N) is 1. The molecule has 2 heteroatoms. The number of hydrogen-bond donors (Lipinski definition) is 1. The molecule has 1 aliphatic heterocycles. The van der Waals surface area contributed by atoms with Gasteiger partial charge in [-0.2, -0.15) is 0 Å². The van der Waals surface area contributed by atoms with Gasteiger partial charge in [-0.1, -0.05) is 12.8 Å². The summed E-state index contributed by atoms with van der Waals surface area (Å²) in [5, 5.41) is 3.97. The third-order valence-electron chi connectivity index (χ3n) is 6.20. The van der Waals surface area contributed by atoms with E-state index in [-0.39, 0.29) is 0 Å². The lowest BCUT2D eigenvalue weighted by Crippen LogP contribution is -2.69. The van der Waals surface area contributed by atoms with Crippen LogP contribution in [0.3, 0.4) is 0 Å². The lowest BCUT2D eigenvalue weighted by atomic mass is 9.83. The standard InChI is InChI=1S/C16H28N2/c1-15(14-6-7-14)12-18(10-13-4-5-13)16(11-17-15)8-2-3-9-16/h13-14,17H,2-12H2,1H3. The quantitative estimate of drug-likeness (QED) is 0.826. The molecule has 0 bridgehead atoms. The van der Waals surface area contributed by atoms with Crippen molar-refractivity contribution < 1.29 is 0 Å². The first-order valence-electron chi connectivity index (χ1n) is 8.20. The van der Waals surface area contributed by atoms with Gasteiger partial charge in [-0.15, -0.1) is 0 Å². The van der Waals surface area contributed by atoms with Crippen molar-refractivity contribution in [1.82, 2.24) is 10.2 Å². The number of rotatable bonds is 3. The minimum atomic E-state index is 0.433. The molecule has 4 aliphatic rings. The average Bonchev–Trinajstić information content (AvgIpc) is 3.25. The summed E-state index contributed by atoms with van der Waals surface area (Å²) < 4.78 is 0. The largest absolute Gasteiger partial charge is 0.308 e. The van der Waals surface area contributed by atoms with Crippen LogP contribution in [-0.4, -0.2) is 35.6 Å². The lowest BCUT2D eigenvalue weighted by molar-refractivity contribution is 0.00245. The maximum Gasteiger partial charge on any atom is 0.0335 e. The van der Waals surface area contributed by atoms with Crippen LogP contribution in [-0.2, 0) is 0 Å². The Kier molecular flexibility index (Phi) is 2.58. The van der Waals surface area contributed by atoms with Gasteiger partial charge in [0.2, 0.25) is 0 Å². The Morgan fingerprint density at radius 1 is 1.11 bits per heavy atom. The molecule has 1 N–H and O–H groups in total. The Labute approximate surface area is 111 Å². The van der Waals surface area contributed by atoms with E-state index in [1.54, 1.807) is 0 Å². The van der Waals surface area contributed by atoms with Crippen molar-refractivity contribution >= 4 is 0 Å².